The Hall–Kier alpha value is -2.83. The molecule has 0 unspecified atom stereocenters. The number of nitrogens with one attached hydrogen (secondary N) is 1. The summed E-state index contributed by atoms with van der Waals surface area (Å²) in [6, 6.07) is 15.2. The van der Waals surface area contributed by atoms with Gasteiger partial charge in [-0.15, -0.1) is 0 Å². The average Bonchev–Trinajstić information content (AvgIpc) is 3.19. The Morgan fingerprint density at radius 1 is 1.16 bits per heavy atom. The summed E-state index contributed by atoms with van der Waals surface area (Å²) in [7, 11) is 1.65. The Morgan fingerprint density at radius 2 is 1.84 bits per heavy atom. The van der Waals surface area contributed by atoms with Crippen molar-refractivity contribution >= 4 is 17.5 Å². The summed E-state index contributed by atoms with van der Waals surface area (Å²) in [4.78, 5) is 19.6. The number of carbonyl (C=O) groups is 1. The zero-order valence-electron chi connectivity index (χ0n) is 18.4. The minimum absolute atomic E-state index is 0.0480. The molecule has 0 bridgehead atoms. The van der Waals surface area contributed by atoms with E-state index >= 15 is 0 Å². The molecule has 6 nitrogen and oxygen atoms in total. The number of ether oxygens (including phenoxy) is 1. The molecule has 0 spiro atoms. The number of carbonyl (C=O) groups excluding carboxylic acids is 1. The molecule has 2 aromatic carbocycles. The molecule has 1 aliphatic rings. The number of oxazole rings is 1. The maximum Gasteiger partial charge on any atom is 0.226 e. The number of aromatic nitrogens is 1. The predicted molar refractivity (Wildman–Crippen MR) is 125 cm³/mol. The van der Waals surface area contributed by atoms with Crippen molar-refractivity contribution in [2.75, 3.05) is 20.2 Å². The lowest BCUT2D eigenvalue weighted by Crippen LogP contribution is -2.40. The largest absolute Gasteiger partial charge is 0.497 e. The van der Waals surface area contributed by atoms with Crippen LogP contribution in [0.3, 0.4) is 0 Å². The van der Waals surface area contributed by atoms with Crippen LogP contribution in [0.4, 0.5) is 0 Å². The van der Waals surface area contributed by atoms with Crippen LogP contribution >= 0.6 is 11.6 Å². The second kappa shape index (κ2) is 10.2. The molecular weight excluding hydrogens is 426 g/mol. The van der Waals surface area contributed by atoms with Crippen LogP contribution in [0.1, 0.15) is 29.9 Å². The van der Waals surface area contributed by atoms with Crippen LogP contribution in [0, 0.1) is 12.8 Å². The summed E-state index contributed by atoms with van der Waals surface area (Å²) in [6.07, 6.45) is 1.68. The van der Waals surface area contributed by atoms with Crippen molar-refractivity contribution < 1.29 is 13.9 Å². The summed E-state index contributed by atoms with van der Waals surface area (Å²) >= 11 is 5.91. The van der Waals surface area contributed by atoms with Crippen LogP contribution < -0.4 is 10.1 Å². The zero-order valence-corrected chi connectivity index (χ0v) is 19.2. The van der Waals surface area contributed by atoms with Gasteiger partial charge in [-0.3, -0.25) is 9.69 Å². The number of amides is 1. The van der Waals surface area contributed by atoms with Crippen LogP contribution in [-0.4, -0.2) is 36.0 Å². The summed E-state index contributed by atoms with van der Waals surface area (Å²) in [5.74, 6) is 2.43. The first-order valence-electron chi connectivity index (χ1n) is 10.9. The van der Waals surface area contributed by atoms with E-state index < -0.39 is 0 Å². The first kappa shape index (κ1) is 22.4. The minimum atomic E-state index is 0.0480. The quantitative estimate of drug-likeness (QED) is 0.554. The van der Waals surface area contributed by atoms with E-state index in [2.05, 4.69) is 10.2 Å². The van der Waals surface area contributed by atoms with Gasteiger partial charge in [0.2, 0.25) is 11.8 Å². The highest BCUT2D eigenvalue weighted by Crippen LogP contribution is 2.26. The molecule has 0 aliphatic carbocycles. The molecule has 168 valence electrons. The van der Waals surface area contributed by atoms with Crippen molar-refractivity contribution in [1.29, 1.82) is 0 Å². The molecule has 1 fully saturated rings. The van der Waals surface area contributed by atoms with Gasteiger partial charge in [0.25, 0.3) is 0 Å². The predicted octanol–water partition coefficient (Wildman–Crippen LogP) is 4.84. The number of benzene rings is 2. The fourth-order valence-corrected chi connectivity index (χ4v) is 4.06. The van der Waals surface area contributed by atoms with Gasteiger partial charge in [0.15, 0.2) is 0 Å². The van der Waals surface area contributed by atoms with E-state index in [4.69, 9.17) is 25.7 Å². The second-order valence-electron chi connectivity index (χ2n) is 8.15. The van der Waals surface area contributed by atoms with Crippen molar-refractivity contribution in [1.82, 2.24) is 15.2 Å². The van der Waals surface area contributed by atoms with Gasteiger partial charge in [-0.05, 0) is 74.8 Å². The van der Waals surface area contributed by atoms with Gasteiger partial charge >= 0.3 is 0 Å². The molecule has 0 radical (unpaired) electrons. The summed E-state index contributed by atoms with van der Waals surface area (Å²) in [6.45, 7) is 4.94. The Labute approximate surface area is 193 Å². The molecule has 1 N–H and O–H groups in total. The van der Waals surface area contributed by atoms with Gasteiger partial charge < -0.3 is 14.5 Å². The maximum absolute atomic E-state index is 12.6. The number of halogens is 1. The maximum atomic E-state index is 12.6. The van der Waals surface area contributed by atoms with E-state index in [1.165, 1.54) is 0 Å². The summed E-state index contributed by atoms with van der Waals surface area (Å²) in [5.41, 5.74) is 2.92. The third kappa shape index (κ3) is 5.50. The van der Waals surface area contributed by atoms with Crippen molar-refractivity contribution in [3.05, 3.63) is 70.6 Å². The van der Waals surface area contributed by atoms with Gasteiger partial charge in [-0.25, -0.2) is 4.98 Å². The first-order valence-corrected chi connectivity index (χ1v) is 11.2. The highest BCUT2D eigenvalue weighted by molar-refractivity contribution is 6.30. The fourth-order valence-electron chi connectivity index (χ4n) is 3.93. The standard InChI is InChI=1S/C25H28ClN3O3/c1-17-23(28-25(32-17)20-5-9-22(31-2)10-6-20)16-29-13-11-19(12-14-29)24(30)27-15-18-3-7-21(26)8-4-18/h3-10,19H,11-16H2,1-2H3,(H,27,30). The monoisotopic (exact) mass is 453 g/mol. The van der Waals surface area contributed by atoms with Crippen LogP contribution in [0.2, 0.25) is 5.02 Å². The number of aryl methyl sites for hydroxylation is 1. The third-order valence-electron chi connectivity index (χ3n) is 5.94. The lowest BCUT2D eigenvalue weighted by Gasteiger charge is -2.30. The van der Waals surface area contributed by atoms with Gasteiger partial charge in [-0.1, -0.05) is 23.7 Å². The molecular formula is C25H28ClN3O3. The van der Waals surface area contributed by atoms with Crippen LogP contribution in [0.5, 0.6) is 5.75 Å². The molecule has 2 heterocycles. The molecule has 1 saturated heterocycles. The molecule has 3 aromatic rings. The van der Waals surface area contributed by atoms with Crippen molar-refractivity contribution in [3.8, 4) is 17.2 Å². The number of likely N-dealkylation sites (tertiary alicyclic amines) is 1. The molecule has 0 saturated carbocycles. The van der Waals surface area contributed by atoms with E-state index in [9.17, 15) is 4.79 Å². The van der Waals surface area contributed by atoms with Crippen molar-refractivity contribution in [3.63, 3.8) is 0 Å². The van der Waals surface area contributed by atoms with Gasteiger partial charge in [0, 0.05) is 29.6 Å². The average molecular weight is 454 g/mol. The number of hydrogen-bond donors (Lipinski definition) is 1. The lowest BCUT2D eigenvalue weighted by molar-refractivity contribution is -0.126. The molecule has 1 aliphatic heterocycles. The van der Waals surface area contributed by atoms with Crippen molar-refractivity contribution in [2.24, 2.45) is 5.92 Å². The molecule has 32 heavy (non-hydrogen) atoms. The Kier molecular flexibility index (Phi) is 7.12. The number of methoxy groups -OCH3 is 1. The fraction of sp³-hybridized carbons (Fsp3) is 0.360. The smallest absolute Gasteiger partial charge is 0.226 e. The van der Waals surface area contributed by atoms with Gasteiger partial charge in [-0.2, -0.15) is 0 Å². The van der Waals surface area contributed by atoms with Gasteiger partial charge in [0.1, 0.15) is 11.5 Å². The lowest BCUT2D eigenvalue weighted by atomic mass is 9.95. The third-order valence-corrected chi connectivity index (χ3v) is 6.19. The normalized spacial score (nSPS) is 15.0. The molecule has 1 aromatic heterocycles. The number of nitrogens with zero attached hydrogens (tertiary/aromatic N) is 2. The minimum Gasteiger partial charge on any atom is -0.497 e. The number of piperidine rings is 1. The van der Waals surface area contributed by atoms with E-state index in [1.807, 2.05) is 55.5 Å². The molecule has 4 rings (SSSR count). The second-order valence-corrected chi connectivity index (χ2v) is 8.58. The van der Waals surface area contributed by atoms with E-state index in [0.29, 0.717) is 17.5 Å². The summed E-state index contributed by atoms with van der Waals surface area (Å²) in [5, 5.41) is 3.75. The first-order chi connectivity index (χ1) is 15.5. The Balaban J connectivity index is 1.27. The SMILES string of the molecule is COc1ccc(-c2nc(CN3CCC(C(=O)NCc4ccc(Cl)cc4)CC3)c(C)o2)cc1. The molecule has 1 amide bonds. The number of hydrogen-bond acceptors (Lipinski definition) is 5. The molecule has 7 heteroatoms. The van der Waals surface area contributed by atoms with Crippen LogP contribution in [0.15, 0.2) is 52.9 Å². The highest BCUT2D eigenvalue weighted by Gasteiger charge is 2.26. The van der Waals surface area contributed by atoms with Gasteiger partial charge in [0.05, 0.1) is 12.8 Å². The highest BCUT2D eigenvalue weighted by atomic mass is 35.5. The van der Waals surface area contributed by atoms with E-state index in [1.54, 1.807) is 7.11 Å². The Morgan fingerprint density at radius 3 is 2.50 bits per heavy atom. The molecule has 0 atom stereocenters. The number of rotatable bonds is 7. The van der Waals surface area contributed by atoms with E-state index in [0.717, 1.165) is 60.8 Å². The topological polar surface area (TPSA) is 67.6 Å². The van der Waals surface area contributed by atoms with E-state index in [-0.39, 0.29) is 11.8 Å². The van der Waals surface area contributed by atoms with Crippen LogP contribution in [-0.2, 0) is 17.9 Å². The van der Waals surface area contributed by atoms with Crippen LogP contribution in [0.25, 0.3) is 11.5 Å². The van der Waals surface area contributed by atoms with Crippen molar-refractivity contribution in [2.45, 2.75) is 32.9 Å². The zero-order chi connectivity index (χ0) is 22.5. The Bertz CT molecular complexity index is 1040. The summed E-state index contributed by atoms with van der Waals surface area (Å²) < 4.78 is 11.1.